The molecule has 20 heavy (non-hydrogen) atoms. The summed E-state index contributed by atoms with van der Waals surface area (Å²) in [4.78, 5) is 5.66. The van der Waals surface area contributed by atoms with Gasteiger partial charge in [0.15, 0.2) is 5.82 Å². The van der Waals surface area contributed by atoms with Gasteiger partial charge in [0.1, 0.15) is 0 Å². The fourth-order valence-electron chi connectivity index (χ4n) is 2.15. The first-order chi connectivity index (χ1) is 9.57. The highest BCUT2D eigenvalue weighted by Gasteiger charge is 2.39. The quantitative estimate of drug-likeness (QED) is 0.840. The predicted octanol–water partition coefficient (Wildman–Crippen LogP) is 4.02. The van der Waals surface area contributed by atoms with Gasteiger partial charge >= 0.3 is 0 Å². The van der Waals surface area contributed by atoms with Gasteiger partial charge in [-0.05, 0) is 50.5 Å². The molecular formula is C14H16BrN3OS. The minimum absolute atomic E-state index is 0.112. The van der Waals surface area contributed by atoms with Gasteiger partial charge in [-0.25, -0.2) is 0 Å². The van der Waals surface area contributed by atoms with Crippen molar-refractivity contribution < 1.29 is 4.52 Å². The molecule has 1 heterocycles. The van der Waals surface area contributed by atoms with Gasteiger partial charge in [0.05, 0.1) is 10.8 Å². The average molecular weight is 354 g/mol. The van der Waals surface area contributed by atoms with E-state index >= 15 is 0 Å². The SMILES string of the molecule is CC(Sc1ccc(Br)cc1)c1nc(C2(N)CCC2)no1. The van der Waals surface area contributed by atoms with Gasteiger partial charge in [0, 0.05) is 9.37 Å². The van der Waals surface area contributed by atoms with Crippen molar-refractivity contribution in [2.75, 3.05) is 0 Å². The number of rotatable bonds is 4. The second-order valence-electron chi connectivity index (χ2n) is 5.18. The predicted molar refractivity (Wildman–Crippen MR) is 82.4 cm³/mol. The topological polar surface area (TPSA) is 64.9 Å². The summed E-state index contributed by atoms with van der Waals surface area (Å²) in [5.74, 6) is 1.30. The van der Waals surface area contributed by atoms with Crippen LogP contribution in [-0.4, -0.2) is 10.1 Å². The molecule has 0 spiro atoms. The third-order valence-electron chi connectivity index (χ3n) is 3.61. The summed E-state index contributed by atoms with van der Waals surface area (Å²) >= 11 is 5.13. The van der Waals surface area contributed by atoms with E-state index in [-0.39, 0.29) is 10.8 Å². The van der Waals surface area contributed by atoms with Crippen molar-refractivity contribution >= 4 is 27.7 Å². The Hall–Kier alpha value is -0.850. The van der Waals surface area contributed by atoms with Crippen LogP contribution in [0.15, 0.2) is 38.2 Å². The number of thioether (sulfide) groups is 1. The lowest BCUT2D eigenvalue weighted by molar-refractivity contribution is 0.229. The van der Waals surface area contributed by atoms with Crippen LogP contribution in [0.1, 0.15) is 43.2 Å². The Morgan fingerprint density at radius 1 is 1.35 bits per heavy atom. The maximum absolute atomic E-state index is 6.21. The third-order valence-corrected chi connectivity index (χ3v) is 5.24. The summed E-state index contributed by atoms with van der Waals surface area (Å²) in [6.07, 6.45) is 3.03. The monoisotopic (exact) mass is 353 g/mol. The molecule has 6 heteroatoms. The summed E-state index contributed by atoms with van der Waals surface area (Å²) in [7, 11) is 0. The molecule has 0 bridgehead atoms. The number of hydrogen-bond acceptors (Lipinski definition) is 5. The molecule has 1 saturated carbocycles. The maximum atomic E-state index is 6.21. The summed E-state index contributed by atoms with van der Waals surface area (Å²) in [5.41, 5.74) is 5.85. The maximum Gasteiger partial charge on any atom is 0.239 e. The summed E-state index contributed by atoms with van der Waals surface area (Å²) in [5, 5.41) is 4.17. The van der Waals surface area contributed by atoms with Gasteiger partial charge in [-0.2, -0.15) is 4.98 Å². The lowest BCUT2D eigenvalue weighted by Gasteiger charge is -2.34. The van der Waals surface area contributed by atoms with E-state index < -0.39 is 0 Å². The molecule has 0 amide bonds. The molecular weight excluding hydrogens is 338 g/mol. The van der Waals surface area contributed by atoms with Crippen LogP contribution in [0.4, 0.5) is 0 Å². The van der Waals surface area contributed by atoms with Crippen molar-refractivity contribution in [2.45, 2.75) is 41.9 Å². The Labute approximate surface area is 130 Å². The van der Waals surface area contributed by atoms with Crippen LogP contribution in [0.3, 0.4) is 0 Å². The van der Waals surface area contributed by atoms with Gasteiger partial charge in [0.25, 0.3) is 0 Å². The van der Waals surface area contributed by atoms with Gasteiger partial charge < -0.3 is 10.3 Å². The summed E-state index contributed by atoms with van der Waals surface area (Å²) in [6.45, 7) is 2.06. The van der Waals surface area contributed by atoms with Crippen LogP contribution in [0, 0.1) is 0 Å². The zero-order valence-electron chi connectivity index (χ0n) is 11.2. The van der Waals surface area contributed by atoms with Crippen LogP contribution in [0.25, 0.3) is 0 Å². The van der Waals surface area contributed by atoms with E-state index in [0.29, 0.717) is 11.7 Å². The molecule has 2 N–H and O–H groups in total. The molecule has 1 aromatic heterocycles. The van der Waals surface area contributed by atoms with Crippen molar-refractivity contribution in [3.8, 4) is 0 Å². The minimum Gasteiger partial charge on any atom is -0.338 e. The highest BCUT2D eigenvalue weighted by atomic mass is 79.9. The zero-order chi connectivity index (χ0) is 14.2. The van der Waals surface area contributed by atoms with Crippen molar-refractivity contribution in [1.29, 1.82) is 0 Å². The smallest absolute Gasteiger partial charge is 0.239 e. The van der Waals surface area contributed by atoms with Crippen LogP contribution in [-0.2, 0) is 5.54 Å². The number of halogens is 1. The van der Waals surface area contributed by atoms with Crippen LogP contribution >= 0.6 is 27.7 Å². The zero-order valence-corrected chi connectivity index (χ0v) is 13.6. The van der Waals surface area contributed by atoms with Gasteiger partial charge in [-0.3, -0.25) is 0 Å². The second-order valence-corrected chi connectivity index (χ2v) is 7.51. The number of hydrogen-bond donors (Lipinski definition) is 1. The second kappa shape index (κ2) is 5.50. The third kappa shape index (κ3) is 2.77. The van der Waals surface area contributed by atoms with Crippen LogP contribution in [0.5, 0.6) is 0 Å². The molecule has 0 saturated heterocycles. The molecule has 1 aliphatic rings. The van der Waals surface area contributed by atoms with E-state index in [2.05, 4.69) is 45.1 Å². The summed E-state index contributed by atoms with van der Waals surface area (Å²) < 4.78 is 6.45. The molecule has 2 aromatic rings. The van der Waals surface area contributed by atoms with E-state index in [1.165, 1.54) is 4.90 Å². The number of benzene rings is 1. The summed E-state index contributed by atoms with van der Waals surface area (Å²) in [6, 6.07) is 8.19. The van der Waals surface area contributed by atoms with Crippen molar-refractivity contribution in [3.05, 3.63) is 40.5 Å². The molecule has 1 aliphatic carbocycles. The minimum atomic E-state index is -0.357. The Kier molecular flexibility index (Phi) is 3.88. The van der Waals surface area contributed by atoms with Crippen molar-refractivity contribution in [1.82, 2.24) is 10.1 Å². The van der Waals surface area contributed by atoms with Crippen molar-refractivity contribution in [2.24, 2.45) is 5.73 Å². The molecule has 0 radical (unpaired) electrons. The molecule has 0 aliphatic heterocycles. The number of aromatic nitrogens is 2. The molecule has 4 nitrogen and oxygen atoms in total. The lowest BCUT2D eigenvalue weighted by Crippen LogP contribution is -2.44. The van der Waals surface area contributed by atoms with Gasteiger partial charge in [-0.15, -0.1) is 11.8 Å². The van der Waals surface area contributed by atoms with E-state index in [1.54, 1.807) is 11.8 Å². The molecule has 1 unspecified atom stereocenters. The standard InChI is InChI=1S/C14H16BrN3OS/c1-9(20-11-5-3-10(15)4-6-11)12-17-13(18-19-12)14(16)7-2-8-14/h3-6,9H,2,7-8,16H2,1H3. The first kappa shape index (κ1) is 14.1. The molecule has 1 atom stereocenters. The Morgan fingerprint density at radius 2 is 2.05 bits per heavy atom. The molecule has 106 valence electrons. The van der Waals surface area contributed by atoms with Gasteiger partial charge in [-0.1, -0.05) is 21.1 Å². The van der Waals surface area contributed by atoms with Gasteiger partial charge in [0.2, 0.25) is 5.89 Å². The normalized spacial score (nSPS) is 18.6. The largest absolute Gasteiger partial charge is 0.338 e. The molecule has 1 fully saturated rings. The Balaban J connectivity index is 1.71. The molecule has 3 rings (SSSR count). The van der Waals surface area contributed by atoms with Crippen LogP contribution in [0.2, 0.25) is 0 Å². The lowest BCUT2D eigenvalue weighted by atomic mass is 9.77. The van der Waals surface area contributed by atoms with E-state index in [4.69, 9.17) is 10.3 Å². The average Bonchev–Trinajstić information content (AvgIpc) is 2.89. The number of nitrogens with two attached hydrogens (primary N) is 1. The Morgan fingerprint density at radius 3 is 2.65 bits per heavy atom. The highest BCUT2D eigenvalue weighted by Crippen LogP contribution is 2.39. The Bertz CT molecular complexity index is 595. The number of nitrogens with zero attached hydrogens (tertiary/aromatic N) is 2. The molecule has 1 aromatic carbocycles. The van der Waals surface area contributed by atoms with E-state index in [1.807, 2.05) is 12.1 Å². The van der Waals surface area contributed by atoms with E-state index in [9.17, 15) is 0 Å². The van der Waals surface area contributed by atoms with E-state index in [0.717, 1.165) is 23.7 Å². The van der Waals surface area contributed by atoms with Crippen molar-refractivity contribution in [3.63, 3.8) is 0 Å². The fourth-order valence-corrected chi connectivity index (χ4v) is 3.31. The highest BCUT2D eigenvalue weighted by molar-refractivity contribution is 9.10. The van der Waals surface area contributed by atoms with Crippen LogP contribution < -0.4 is 5.73 Å². The first-order valence-corrected chi connectivity index (χ1v) is 8.29. The fraction of sp³-hybridized carbons (Fsp3) is 0.429. The first-order valence-electron chi connectivity index (χ1n) is 6.62.